The number of nitrogens with zero attached hydrogens (tertiary/aromatic N) is 4. The molecule has 0 aliphatic carbocycles. The van der Waals surface area contributed by atoms with Gasteiger partial charge in [0, 0.05) is 69.2 Å². The van der Waals surface area contributed by atoms with Gasteiger partial charge in [-0.25, -0.2) is 0 Å². The maximum atomic E-state index is 9.57. The van der Waals surface area contributed by atoms with E-state index in [2.05, 4.69) is 40.2 Å². The summed E-state index contributed by atoms with van der Waals surface area (Å²) in [4.78, 5) is 4.96. The van der Waals surface area contributed by atoms with Crippen LogP contribution in [0.2, 0.25) is 0 Å². The number of aromatic nitrogens is 2. The van der Waals surface area contributed by atoms with Gasteiger partial charge < -0.3 is 9.84 Å². The average molecular weight is 373 g/mol. The standard InChI is InChI=1S/C21H32N4O2/c1-3-25-15-18(13-22-25)14-23-10-11-24(20(17-23)9-12-26)16-19-7-5-6-8-21(19)27-4-2/h5-8,13,15,20,26H,3-4,9-12,14,16-17H2,1-2H3. The Morgan fingerprint density at radius 1 is 1.19 bits per heavy atom. The van der Waals surface area contributed by atoms with E-state index in [4.69, 9.17) is 4.74 Å². The summed E-state index contributed by atoms with van der Waals surface area (Å²) in [6.07, 6.45) is 4.89. The minimum atomic E-state index is 0.218. The van der Waals surface area contributed by atoms with E-state index < -0.39 is 0 Å². The van der Waals surface area contributed by atoms with Crippen molar-refractivity contribution < 1.29 is 9.84 Å². The molecule has 0 spiro atoms. The molecule has 1 N–H and O–H groups in total. The van der Waals surface area contributed by atoms with Gasteiger partial charge in [0.1, 0.15) is 5.75 Å². The molecule has 6 nitrogen and oxygen atoms in total. The summed E-state index contributed by atoms with van der Waals surface area (Å²) in [5.41, 5.74) is 2.48. The van der Waals surface area contributed by atoms with Crippen LogP contribution in [0.1, 0.15) is 31.4 Å². The molecule has 2 heterocycles. The number of rotatable bonds is 9. The van der Waals surface area contributed by atoms with E-state index in [1.807, 2.05) is 29.9 Å². The second-order valence-corrected chi connectivity index (χ2v) is 7.12. The number of piperazine rings is 1. The molecule has 2 aromatic rings. The number of aryl methyl sites for hydroxylation is 1. The van der Waals surface area contributed by atoms with Gasteiger partial charge in [-0.3, -0.25) is 14.5 Å². The molecule has 0 bridgehead atoms. The minimum Gasteiger partial charge on any atom is -0.494 e. The quantitative estimate of drug-likeness (QED) is 0.732. The number of aliphatic hydroxyl groups is 1. The first kappa shape index (κ1) is 19.9. The van der Waals surface area contributed by atoms with E-state index in [1.165, 1.54) is 11.1 Å². The lowest BCUT2D eigenvalue weighted by Gasteiger charge is -2.41. The van der Waals surface area contributed by atoms with Crippen LogP contribution in [-0.2, 0) is 19.6 Å². The summed E-state index contributed by atoms with van der Waals surface area (Å²) in [6.45, 7) is 10.7. The monoisotopic (exact) mass is 372 g/mol. The third kappa shape index (κ3) is 5.31. The molecule has 1 saturated heterocycles. The summed E-state index contributed by atoms with van der Waals surface area (Å²) in [5, 5.41) is 13.9. The van der Waals surface area contributed by atoms with E-state index in [0.29, 0.717) is 12.6 Å². The third-order valence-electron chi connectivity index (χ3n) is 5.21. The maximum Gasteiger partial charge on any atom is 0.123 e. The van der Waals surface area contributed by atoms with Gasteiger partial charge in [-0.1, -0.05) is 18.2 Å². The van der Waals surface area contributed by atoms with Gasteiger partial charge in [-0.15, -0.1) is 0 Å². The van der Waals surface area contributed by atoms with Crippen molar-refractivity contribution in [3.05, 3.63) is 47.8 Å². The molecule has 1 unspecified atom stereocenters. The van der Waals surface area contributed by atoms with Gasteiger partial charge in [-0.05, 0) is 26.3 Å². The van der Waals surface area contributed by atoms with Crippen molar-refractivity contribution in [2.24, 2.45) is 0 Å². The first-order valence-electron chi connectivity index (χ1n) is 10.0. The highest BCUT2D eigenvalue weighted by atomic mass is 16.5. The SMILES string of the molecule is CCOc1ccccc1CN1CCN(Cc2cnn(CC)c2)CC1CCO. The van der Waals surface area contributed by atoms with E-state index >= 15 is 0 Å². The summed E-state index contributed by atoms with van der Waals surface area (Å²) < 4.78 is 7.76. The minimum absolute atomic E-state index is 0.218. The molecule has 1 aromatic carbocycles. The van der Waals surface area contributed by atoms with Gasteiger partial charge in [-0.2, -0.15) is 5.10 Å². The predicted molar refractivity (Wildman–Crippen MR) is 107 cm³/mol. The Morgan fingerprint density at radius 3 is 2.78 bits per heavy atom. The van der Waals surface area contributed by atoms with Crippen LogP contribution in [0.4, 0.5) is 0 Å². The largest absolute Gasteiger partial charge is 0.494 e. The number of benzene rings is 1. The molecular formula is C21H32N4O2. The Hall–Kier alpha value is -1.89. The van der Waals surface area contributed by atoms with Crippen molar-refractivity contribution in [3.8, 4) is 5.75 Å². The van der Waals surface area contributed by atoms with Crippen LogP contribution in [0.5, 0.6) is 5.75 Å². The normalized spacial score (nSPS) is 18.7. The summed E-state index contributed by atoms with van der Waals surface area (Å²) >= 11 is 0. The molecular weight excluding hydrogens is 340 g/mol. The van der Waals surface area contributed by atoms with Crippen LogP contribution in [0.25, 0.3) is 0 Å². The highest BCUT2D eigenvalue weighted by Gasteiger charge is 2.27. The lowest BCUT2D eigenvalue weighted by molar-refractivity contribution is 0.0494. The van der Waals surface area contributed by atoms with Gasteiger partial charge >= 0.3 is 0 Å². The topological polar surface area (TPSA) is 53.8 Å². The van der Waals surface area contributed by atoms with E-state index in [-0.39, 0.29) is 6.61 Å². The molecule has 1 atom stereocenters. The van der Waals surface area contributed by atoms with Crippen LogP contribution in [0, 0.1) is 0 Å². The van der Waals surface area contributed by atoms with Crippen molar-refractivity contribution in [2.45, 2.75) is 45.9 Å². The van der Waals surface area contributed by atoms with Crippen LogP contribution in [-0.4, -0.2) is 63.6 Å². The summed E-state index contributed by atoms with van der Waals surface area (Å²) in [5.74, 6) is 0.970. The van der Waals surface area contributed by atoms with Crippen molar-refractivity contribution in [1.29, 1.82) is 0 Å². The zero-order chi connectivity index (χ0) is 19.1. The Balaban J connectivity index is 1.64. The molecule has 1 aromatic heterocycles. The lowest BCUT2D eigenvalue weighted by Crippen LogP contribution is -2.52. The first-order chi connectivity index (χ1) is 13.2. The predicted octanol–water partition coefficient (Wildman–Crippen LogP) is 2.37. The van der Waals surface area contributed by atoms with Crippen molar-refractivity contribution in [1.82, 2.24) is 19.6 Å². The first-order valence-corrected chi connectivity index (χ1v) is 10.0. The van der Waals surface area contributed by atoms with Gasteiger partial charge in [0.15, 0.2) is 0 Å². The van der Waals surface area contributed by atoms with Crippen LogP contribution >= 0.6 is 0 Å². The molecule has 3 rings (SSSR count). The molecule has 1 aliphatic heterocycles. The van der Waals surface area contributed by atoms with Gasteiger partial charge in [0.05, 0.1) is 12.8 Å². The molecule has 1 aliphatic rings. The van der Waals surface area contributed by atoms with Gasteiger partial charge in [0.25, 0.3) is 0 Å². The summed E-state index contributed by atoms with van der Waals surface area (Å²) in [6, 6.07) is 8.63. The average Bonchev–Trinajstić information content (AvgIpc) is 3.13. The molecule has 1 fully saturated rings. The number of hydrogen-bond donors (Lipinski definition) is 1. The van der Waals surface area contributed by atoms with Crippen LogP contribution in [0.15, 0.2) is 36.7 Å². The highest BCUT2D eigenvalue weighted by Crippen LogP contribution is 2.24. The van der Waals surface area contributed by atoms with E-state index in [1.54, 1.807) is 0 Å². The molecule has 6 heteroatoms. The second kappa shape index (κ2) is 9.88. The fraction of sp³-hybridized carbons (Fsp3) is 0.571. The number of ether oxygens (including phenoxy) is 1. The maximum absolute atomic E-state index is 9.57. The van der Waals surface area contributed by atoms with Crippen molar-refractivity contribution in [2.75, 3.05) is 32.8 Å². The molecule has 27 heavy (non-hydrogen) atoms. The van der Waals surface area contributed by atoms with E-state index in [0.717, 1.165) is 51.4 Å². The fourth-order valence-corrected chi connectivity index (χ4v) is 3.80. The molecule has 0 radical (unpaired) electrons. The third-order valence-corrected chi connectivity index (χ3v) is 5.21. The Bertz CT molecular complexity index is 703. The van der Waals surface area contributed by atoms with Gasteiger partial charge in [0.2, 0.25) is 0 Å². The molecule has 0 amide bonds. The number of para-hydroxylation sites is 1. The second-order valence-electron chi connectivity index (χ2n) is 7.12. The van der Waals surface area contributed by atoms with Crippen molar-refractivity contribution >= 4 is 0 Å². The van der Waals surface area contributed by atoms with Crippen LogP contribution in [0.3, 0.4) is 0 Å². The Kier molecular flexibility index (Phi) is 7.26. The number of hydrogen-bond acceptors (Lipinski definition) is 5. The smallest absolute Gasteiger partial charge is 0.123 e. The van der Waals surface area contributed by atoms with E-state index in [9.17, 15) is 5.11 Å². The number of aliphatic hydroxyl groups excluding tert-OH is 1. The summed E-state index contributed by atoms with van der Waals surface area (Å²) in [7, 11) is 0. The van der Waals surface area contributed by atoms with Crippen molar-refractivity contribution in [3.63, 3.8) is 0 Å². The Labute approximate surface area is 162 Å². The van der Waals surface area contributed by atoms with Crippen LogP contribution < -0.4 is 4.74 Å². The zero-order valence-electron chi connectivity index (χ0n) is 16.5. The lowest BCUT2D eigenvalue weighted by atomic mass is 10.1. The Morgan fingerprint density at radius 2 is 2.04 bits per heavy atom. The molecule has 148 valence electrons. The fourth-order valence-electron chi connectivity index (χ4n) is 3.80. The highest BCUT2D eigenvalue weighted by molar-refractivity contribution is 5.33. The zero-order valence-corrected chi connectivity index (χ0v) is 16.5. The molecule has 0 saturated carbocycles.